The minimum Gasteiger partial charge on any atom is -0.384 e. The second-order valence-corrected chi connectivity index (χ2v) is 9.39. The number of H-pyrrole nitrogens is 1. The molecule has 1 fully saturated rings. The highest BCUT2D eigenvalue weighted by Gasteiger charge is 2.24. The van der Waals surface area contributed by atoms with Crippen molar-refractivity contribution in [1.82, 2.24) is 25.7 Å². The number of rotatable bonds is 7. The van der Waals surface area contributed by atoms with E-state index in [0.717, 1.165) is 29.1 Å². The number of pyridine rings is 1. The molecule has 0 amide bonds. The molecular weight excluding hydrogens is 432 g/mol. The van der Waals surface area contributed by atoms with Crippen LogP contribution in [0.15, 0.2) is 60.7 Å². The van der Waals surface area contributed by atoms with Gasteiger partial charge in [-0.25, -0.2) is 10.1 Å². The zero-order valence-electron chi connectivity index (χ0n) is 18.5. The molecule has 1 aliphatic rings. The average molecular weight is 461 g/mol. The highest BCUT2D eigenvalue weighted by Crippen LogP contribution is 2.35. The van der Waals surface area contributed by atoms with Crippen molar-refractivity contribution in [2.24, 2.45) is 0 Å². The molecule has 2 aromatic heterocycles. The molecule has 1 atom stereocenters. The Balaban J connectivity index is 1.25. The largest absolute Gasteiger partial charge is 0.384 e. The minimum atomic E-state index is 0.169. The fourth-order valence-corrected chi connectivity index (χ4v) is 5.26. The van der Waals surface area contributed by atoms with Crippen LogP contribution in [0.3, 0.4) is 0 Å². The van der Waals surface area contributed by atoms with E-state index in [1.165, 1.54) is 36.8 Å². The first kappa shape index (κ1) is 21.9. The van der Waals surface area contributed by atoms with Gasteiger partial charge in [-0.3, -0.25) is 0 Å². The standard InChI is InChI=1S/C26H29ClN6/c27-20-10-6-17(7-11-20)18-8-12-21(13-9-18)29-15-14-22(19-4-2-1-3-5-19)23-16-24(28)30-26-25(23)31-33-32-26/h1-7,10-11,16,18,21-22,29H,8-9,12-15H2,(H3,28,30,31,32,33)/t18-,21-,22?. The predicted molar refractivity (Wildman–Crippen MR) is 133 cm³/mol. The summed E-state index contributed by atoms with van der Waals surface area (Å²) in [7, 11) is 0. The number of nitrogens with two attached hydrogens (primary N) is 1. The molecule has 2 heterocycles. The maximum absolute atomic E-state index is 6.10. The van der Waals surface area contributed by atoms with E-state index in [4.69, 9.17) is 17.3 Å². The van der Waals surface area contributed by atoms with Crippen LogP contribution in [0, 0.1) is 0 Å². The Hall–Kier alpha value is -2.96. The quantitative estimate of drug-likeness (QED) is 0.342. The van der Waals surface area contributed by atoms with Gasteiger partial charge in [-0.15, -0.1) is 5.10 Å². The van der Waals surface area contributed by atoms with Crippen LogP contribution in [0.25, 0.3) is 11.2 Å². The Bertz CT molecular complexity index is 1180. The van der Waals surface area contributed by atoms with Gasteiger partial charge in [-0.05, 0) is 79.5 Å². The Morgan fingerprint density at radius 2 is 1.79 bits per heavy atom. The fraction of sp³-hybridized carbons (Fsp3) is 0.346. The second kappa shape index (κ2) is 9.89. The van der Waals surface area contributed by atoms with Gasteiger partial charge in [0.05, 0.1) is 0 Å². The van der Waals surface area contributed by atoms with Crippen molar-refractivity contribution in [2.45, 2.75) is 50.0 Å². The summed E-state index contributed by atoms with van der Waals surface area (Å²) in [5.41, 5.74) is 11.3. The van der Waals surface area contributed by atoms with Crippen LogP contribution < -0.4 is 11.1 Å². The van der Waals surface area contributed by atoms with Crippen molar-refractivity contribution in [3.05, 3.63) is 82.4 Å². The summed E-state index contributed by atoms with van der Waals surface area (Å²) in [4.78, 5) is 4.34. The third-order valence-corrected chi connectivity index (χ3v) is 7.11. The van der Waals surface area contributed by atoms with Gasteiger partial charge in [-0.2, -0.15) is 0 Å². The van der Waals surface area contributed by atoms with Gasteiger partial charge < -0.3 is 11.1 Å². The molecule has 2 aromatic carbocycles. The number of aromatic amines is 1. The van der Waals surface area contributed by atoms with E-state index >= 15 is 0 Å². The zero-order chi connectivity index (χ0) is 22.6. The Morgan fingerprint density at radius 3 is 2.55 bits per heavy atom. The number of nitrogens with zero attached hydrogens (tertiary/aromatic N) is 3. The molecule has 1 unspecified atom stereocenters. The monoisotopic (exact) mass is 460 g/mol. The van der Waals surface area contributed by atoms with Gasteiger partial charge in [0.15, 0.2) is 5.65 Å². The molecular formula is C26H29ClN6. The lowest BCUT2D eigenvalue weighted by Crippen LogP contribution is -2.34. The highest BCUT2D eigenvalue weighted by atomic mass is 35.5. The van der Waals surface area contributed by atoms with Crippen molar-refractivity contribution in [3.8, 4) is 0 Å². The van der Waals surface area contributed by atoms with E-state index in [9.17, 15) is 0 Å². The summed E-state index contributed by atoms with van der Waals surface area (Å²) in [6.07, 6.45) is 5.76. The molecule has 1 saturated carbocycles. The van der Waals surface area contributed by atoms with E-state index in [2.05, 4.69) is 62.1 Å². The van der Waals surface area contributed by atoms with Crippen LogP contribution in [-0.2, 0) is 0 Å². The molecule has 0 radical (unpaired) electrons. The summed E-state index contributed by atoms with van der Waals surface area (Å²) in [5.74, 6) is 1.29. The number of nitrogens with one attached hydrogen (secondary N) is 2. The van der Waals surface area contributed by atoms with Crippen LogP contribution in [0.5, 0.6) is 0 Å². The third kappa shape index (κ3) is 5.02. The van der Waals surface area contributed by atoms with Crippen molar-refractivity contribution in [1.29, 1.82) is 0 Å². The van der Waals surface area contributed by atoms with Crippen molar-refractivity contribution >= 4 is 28.6 Å². The third-order valence-electron chi connectivity index (χ3n) is 6.86. The summed E-state index contributed by atoms with van der Waals surface area (Å²) < 4.78 is 0. The number of hydrogen-bond acceptors (Lipinski definition) is 5. The SMILES string of the molecule is Nc1cc(C(CCN[C@H]2CC[C@H](c3ccc(Cl)cc3)CC2)c2ccccc2)c2nn[nH]c2n1. The van der Waals surface area contributed by atoms with E-state index in [0.29, 0.717) is 23.4 Å². The number of aromatic nitrogens is 4. The molecule has 1 aliphatic carbocycles. The molecule has 4 N–H and O–H groups in total. The fourth-order valence-electron chi connectivity index (χ4n) is 5.13. The van der Waals surface area contributed by atoms with Gasteiger partial charge in [0.2, 0.25) is 0 Å². The lowest BCUT2D eigenvalue weighted by Gasteiger charge is -2.30. The lowest BCUT2D eigenvalue weighted by molar-refractivity contribution is 0.340. The molecule has 0 spiro atoms. The van der Waals surface area contributed by atoms with Crippen LogP contribution in [0.4, 0.5) is 5.82 Å². The Kier molecular flexibility index (Phi) is 6.55. The van der Waals surface area contributed by atoms with Gasteiger partial charge in [0.1, 0.15) is 11.3 Å². The van der Waals surface area contributed by atoms with E-state index in [1.54, 1.807) is 0 Å². The molecule has 170 valence electrons. The molecule has 6 nitrogen and oxygen atoms in total. The van der Waals surface area contributed by atoms with E-state index in [-0.39, 0.29) is 5.92 Å². The smallest absolute Gasteiger partial charge is 0.178 e. The molecule has 5 rings (SSSR count). The number of nitrogen functional groups attached to an aromatic ring is 1. The summed E-state index contributed by atoms with van der Waals surface area (Å²) in [5, 5.41) is 15.7. The van der Waals surface area contributed by atoms with Crippen LogP contribution in [-0.4, -0.2) is 33.0 Å². The van der Waals surface area contributed by atoms with Gasteiger partial charge in [0.25, 0.3) is 0 Å². The first-order chi connectivity index (χ1) is 16.2. The minimum absolute atomic E-state index is 0.169. The number of fused-ring (bicyclic) bond motifs is 1. The maximum atomic E-state index is 6.10. The number of benzene rings is 2. The zero-order valence-corrected chi connectivity index (χ0v) is 19.3. The molecule has 7 heteroatoms. The maximum Gasteiger partial charge on any atom is 0.178 e. The molecule has 0 bridgehead atoms. The molecule has 4 aromatic rings. The Labute approximate surface area is 199 Å². The van der Waals surface area contributed by atoms with Crippen LogP contribution in [0.1, 0.15) is 60.6 Å². The summed E-state index contributed by atoms with van der Waals surface area (Å²) >= 11 is 6.05. The normalized spacial score (nSPS) is 19.5. The molecule has 0 aliphatic heterocycles. The van der Waals surface area contributed by atoms with Crippen molar-refractivity contribution in [3.63, 3.8) is 0 Å². The lowest BCUT2D eigenvalue weighted by atomic mass is 9.81. The second-order valence-electron chi connectivity index (χ2n) is 8.95. The van der Waals surface area contributed by atoms with Crippen molar-refractivity contribution < 1.29 is 0 Å². The van der Waals surface area contributed by atoms with Crippen LogP contribution in [0.2, 0.25) is 5.02 Å². The number of hydrogen-bond donors (Lipinski definition) is 3. The topological polar surface area (TPSA) is 92.5 Å². The number of halogens is 1. The summed E-state index contributed by atoms with van der Waals surface area (Å²) in [6, 6.07) is 21.4. The van der Waals surface area contributed by atoms with E-state index in [1.807, 2.05) is 24.3 Å². The highest BCUT2D eigenvalue weighted by molar-refractivity contribution is 6.30. The van der Waals surface area contributed by atoms with Gasteiger partial charge in [-0.1, -0.05) is 59.3 Å². The van der Waals surface area contributed by atoms with Crippen LogP contribution >= 0.6 is 11.6 Å². The number of anilines is 1. The Morgan fingerprint density at radius 1 is 1.03 bits per heavy atom. The van der Waals surface area contributed by atoms with Gasteiger partial charge in [0, 0.05) is 17.0 Å². The average Bonchev–Trinajstić information content (AvgIpc) is 3.31. The van der Waals surface area contributed by atoms with E-state index < -0.39 is 0 Å². The predicted octanol–water partition coefficient (Wildman–Crippen LogP) is 5.43. The van der Waals surface area contributed by atoms with Crippen molar-refractivity contribution in [2.75, 3.05) is 12.3 Å². The van der Waals surface area contributed by atoms with Gasteiger partial charge >= 0.3 is 0 Å². The molecule has 0 saturated heterocycles. The first-order valence-corrected chi connectivity index (χ1v) is 12.1. The summed E-state index contributed by atoms with van der Waals surface area (Å²) in [6.45, 7) is 0.928. The first-order valence-electron chi connectivity index (χ1n) is 11.7. The molecule has 33 heavy (non-hydrogen) atoms.